The van der Waals surface area contributed by atoms with Crippen molar-refractivity contribution in [3.8, 4) is 0 Å². The fourth-order valence-electron chi connectivity index (χ4n) is 1.60. The molecular formula is C12H16ClN3O4. The highest BCUT2D eigenvalue weighted by atomic mass is 35.5. The molecule has 20 heavy (non-hydrogen) atoms. The Labute approximate surface area is 121 Å². The Kier molecular flexibility index (Phi) is 6.89. The molecule has 0 atom stereocenters. The maximum Gasteiger partial charge on any atom is 0.300 e. The summed E-state index contributed by atoms with van der Waals surface area (Å²) >= 11 is 5.66. The van der Waals surface area contributed by atoms with Gasteiger partial charge in [0.1, 0.15) is 16.9 Å². The molecular weight excluding hydrogens is 286 g/mol. The number of unbranched alkanes of at least 4 members (excludes halogenated alkanes) is 2. The van der Waals surface area contributed by atoms with E-state index >= 15 is 0 Å². The van der Waals surface area contributed by atoms with Gasteiger partial charge in [0.15, 0.2) is 0 Å². The maximum absolute atomic E-state index is 11.9. The van der Waals surface area contributed by atoms with E-state index in [0.717, 1.165) is 25.5 Å². The average molecular weight is 302 g/mol. The van der Waals surface area contributed by atoms with Crippen LogP contribution in [0, 0.1) is 10.1 Å². The van der Waals surface area contributed by atoms with Gasteiger partial charge >= 0.3 is 0 Å². The van der Waals surface area contributed by atoms with Crippen LogP contribution in [0.4, 0.5) is 5.69 Å². The third kappa shape index (κ3) is 5.10. The molecule has 0 aliphatic heterocycles. The monoisotopic (exact) mass is 301 g/mol. The van der Waals surface area contributed by atoms with Gasteiger partial charge in [-0.2, -0.15) is 0 Å². The zero-order valence-corrected chi connectivity index (χ0v) is 11.9. The molecule has 0 spiro atoms. The van der Waals surface area contributed by atoms with Crippen LogP contribution in [-0.2, 0) is 4.74 Å². The summed E-state index contributed by atoms with van der Waals surface area (Å²) in [7, 11) is 1.63. The summed E-state index contributed by atoms with van der Waals surface area (Å²) in [5.74, 6) is -0.521. The van der Waals surface area contributed by atoms with Gasteiger partial charge in [-0.15, -0.1) is 0 Å². The van der Waals surface area contributed by atoms with Crippen molar-refractivity contribution >= 4 is 23.2 Å². The Balaban J connectivity index is 2.54. The van der Waals surface area contributed by atoms with Crippen LogP contribution in [0.15, 0.2) is 12.3 Å². The zero-order valence-electron chi connectivity index (χ0n) is 11.1. The van der Waals surface area contributed by atoms with Crippen molar-refractivity contribution in [3.05, 3.63) is 33.1 Å². The molecule has 110 valence electrons. The Hall–Kier alpha value is -1.73. The summed E-state index contributed by atoms with van der Waals surface area (Å²) in [6.07, 6.45) is 3.58. The number of nitro groups is 1. The number of halogens is 1. The summed E-state index contributed by atoms with van der Waals surface area (Å²) < 4.78 is 4.91. The molecule has 1 amide bonds. The molecule has 0 saturated carbocycles. The number of amides is 1. The number of aromatic nitrogens is 1. The van der Waals surface area contributed by atoms with Crippen molar-refractivity contribution in [1.82, 2.24) is 10.3 Å². The van der Waals surface area contributed by atoms with Crippen LogP contribution >= 0.6 is 11.6 Å². The third-order valence-corrected chi connectivity index (χ3v) is 2.81. The number of hydrogen-bond acceptors (Lipinski definition) is 5. The minimum Gasteiger partial charge on any atom is -0.385 e. The molecule has 0 fully saturated rings. The fraction of sp³-hybridized carbons (Fsp3) is 0.500. The fourth-order valence-corrected chi connectivity index (χ4v) is 1.75. The van der Waals surface area contributed by atoms with E-state index in [1.54, 1.807) is 7.11 Å². The second-order valence-corrected chi connectivity index (χ2v) is 4.48. The summed E-state index contributed by atoms with van der Waals surface area (Å²) in [5, 5.41) is 13.5. The normalized spacial score (nSPS) is 10.3. The van der Waals surface area contributed by atoms with Gasteiger partial charge in [0.2, 0.25) is 0 Å². The van der Waals surface area contributed by atoms with Gasteiger partial charge in [0, 0.05) is 20.3 Å². The van der Waals surface area contributed by atoms with E-state index in [0.29, 0.717) is 13.2 Å². The van der Waals surface area contributed by atoms with E-state index in [-0.39, 0.29) is 16.4 Å². The molecule has 8 heteroatoms. The van der Waals surface area contributed by atoms with Gasteiger partial charge in [-0.25, -0.2) is 4.98 Å². The molecule has 7 nitrogen and oxygen atoms in total. The molecule has 0 bridgehead atoms. The lowest BCUT2D eigenvalue weighted by Gasteiger charge is -2.06. The smallest absolute Gasteiger partial charge is 0.300 e. The number of rotatable bonds is 8. The van der Waals surface area contributed by atoms with Gasteiger partial charge in [0.05, 0.1) is 4.92 Å². The van der Waals surface area contributed by atoms with Gasteiger partial charge in [-0.3, -0.25) is 14.9 Å². The largest absolute Gasteiger partial charge is 0.385 e. The lowest BCUT2D eigenvalue weighted by molar-refractivity contribution is -0.385. The van der Waals surface area contributed by atoms with Crippen LogP contribution in [0.25, 0.3) is 0 Å². The first-order valence-corrected chi connectivity index (χ1v) is 6.51. The van der Waals surface area contributed by atoms with Crippen molar-refractivity contribution in [2.45, 2.75) is 19.3 Å². The third-order valence-electron chi connectivity index (χ3n) is 2.60. The maximum atomic E-state index is 11.9. The van der Waals surface area contributed by atoms with Gasteiger partial charge in [-0.05, 0) is 25.3 Å². The van der Waals surface area contributed by atoms with E-state index in [4.69, 9.17) is 16.3 Å². The highest BCUT2D eigenvalue weighted by molar-refractivity contribution is 6.29. The van der Waals surface area contributed by atoms with Gasteiger partial charge in [-0.1, -0.05) is 11.6 Å². The first kappa shape index (κ1) is 16.3. The number of carbonyl (C=O) groups is 1. The Morgan fingerprint density at radius 3 is 2.90 bits per heavy atom. The van der Waals surface area contributed by atoms with Crippen LogP contribution in [0.1, 0.15) is 29.6 Å². The number of hydrogen-bond donors (Lipinski definition) is 1. The van der Waals surface area contributed by atoms with Crippen molar-refractivity contribution in [3.63, 3.8) is 0 Å². The molecule has 0 unspecified atom stereocenters. The van der Waals surface area contributed by atoms with Gasteiger partial charge < -0.3 is 10.1 Å². The minimum atomic E-state index is -0.656. The standard InChI is InChI=1S/C12H16ClN3O4/c1-20-6-4-2-3-5-14-12(17)9-7-11(13)15-8-10(9)16(18)19/h7-8H,2-6H2,1H3,(H,14,17). The number of nitrogens with one attached hydrogen (secondary N) is 1. The van der Waals surface area contributed by atoms with Crippen LogP contribution in [0.3, 0.4) is 0 Å². The van der Waals surface area contributed by atoms with Gasteiger partial charge in [0.25, 0.3) is 11.6 Å². The molecule has 0 aromatic carbocycles. The van der Waals surface area contributed by atoms with Crippen LogP contribution in [-0.4, -0.2) is 36.1 Å². The average Bonchev–Trinajstić information content (AvgIpc) is 2.42. The molecule has 1 aromatic heterocycles. The summed E-state index contributed by atoms with van der Waals surface area (Å²) in [6, 6.07) is 1.19. The molecule has 1 aromatic rings. The molecule has 0 aliphatic carbocycles. The lowest BCUT2D eigenvalue weighted by atomic mass is 10.2. The zero-order chi connectivity index (χ0) is 15.0. The van der Waals surface area contributed by atoms with E-state index in [1.807, 2.05) is 0 Å². The van der Waals surface area contributed by atoms with E-state index < -0.39 is 10.8 Å². The summed E-state index contributed by atoms with van der Waals surface area (Å²) in [6.45, 7) is 1.12. The number of carbonyl (C=O) groups excluding carboxylic acids is 1. The Morgan fingerprint density at radius 2 is 2.25 bits per heavy atom. The first-order valence-electron chi connectivity index (χ1n) is 6.13. The van der Waals surface area contributed by atoms with E-state index in [2.05, 4.69) is 10.3 Å². The predicted molar refractivity (Wildman–Crippen MR) is 74.0 cm³/mol. The van der Waals surface area contributed by atoms with Crippen LogP contribution in [0.5, 0.6) is 0 Å². The Bertz CT molecular complexity index is 482. The molecule has 1 heterocycles. The van der Waals surface area contributed by atoms with Crippen LogP contribution < -0.4 is 5.32 Å². The Morgan fingerprint density at radius 1 is 1.50 bits per heavy atom. The number of pyridine rings is 1. The highest BCUT2D eigenvalue weighted by Gasteiger charge is 2.20. The van der Waals surface area contributed by atoms with E-state index in [9.17, 15) is 14.9 Å². The van der Waals surface area contributed by atoms with Crippen molar-refractivity contribution in [1.29, 1.82) is 0 Å². The topological polar surface area (TPSA) is 94.4 Å². The number of methoxy groups -OCH3 is 1. The number of nitrogens with zero attached hydrogens (tertiary/aromatic N) is 2. The second-order valence-electron chi connectivity index (χ2n) is 4.09. The summed E-state index contributed by atoms with van der Waals surface area (Å²) in [4.78, 5) is 25.6. The lowest BCUT2D eigenvalue weighted by Crippen LogP contribution is -2.25. The molecule has 1 rings (SSSR count). The highest BCUT2D eigenvalue weighted by Crippen LogP contribution is 2.20. The molecule has 1 N–H and O–H groups in total. The SMILES string of the molecule is COCCCCCNC(=O)c1cc(Cl)ncc1[N+](=O)[O-]. The van der Waals surface area contributed by atoms with Crippen LogP contribution in [0.2, 0.25) is 5.15 Å². The second kappa shape index (κ2) is 8.44. The van der Waals surface area contributed by atoms with E-state index in [1.165, 1.54) is 6.07 Å². The predicted octanol–water partition coefficient (Wildman–Crippen LogP) is 2.19. The first-order chi connectivity index (χ1) is 9.56. The van der Waals surface area contributed by atoms with Crippen molar-refractivity contribution in [2.75, 3.05) is 20.3 Å². The summed E-state index contributed by atoms with van der Waals surface area (Å²) in [5.41, 5.74) is -0.432. The van der Waals surface area contributed by atoms with Crippen molar-refractivity contribution < 1.29 is 14.5 Å². The minimum absolute atomic E-state index is 0.0424. The molecule has 0 saturated heterocycles. The quantitative estimate of drug-likeness (QED) is 0.344. The number of ether oxygens (including phenoxy) is 1. The molecule has 0 aliphatic rings. The van der Waals surface area contributed by atoms with Crippen molar-refractivity contribution in [2.24, 2.45) is 0 Å². The molecule has 0 radical (unpaired) electrons.